The van der Waals surface area contributed by atoms with Gasteiger partial charge in [0.2, 0.25) is 0 Å². The summed E-state index contributed by atoms with van der Waals surface area (Å²) >= 11 is 0. The molecular weight excluding hydrogens is 306 g/mol. The average Bonchev–Trinajstić information content (AvgIpc) is 2.59. The molecule has 0 aliphatic carbocycles. The van der Waals surface area contributed by atoms with Gasteiger partial charge in [-0.15, -0.1) is 6.58 Å². The predicted molar refractivity (Wildman–Crippen MR) is 95.8 cm³/mol. The first-order valence-electron chi connectivity index (χ1n) is 8.26. The van der Waals surface area contributed by atoms with Crippen LogP contribution in [0.25, 0.3) is 0 Å². The molecule has 0 aromatic heterocycles. The van der Waals surface area contributed by atoms with E-state index in [1.54, 1.807) is 18.2 Å². The molecule has 0 bridgehead atoms. The Bertz CT molecular complexity index is 581. The number of hydrogen-bond donors (Lipinski definition) is 0. The number of rotatable bonds is 9. The third-order valence-corrected chi connectivity index (χ3v) is 3.74. The third kappa shape index (κ3) is 6.44. The van der Waals surface area contributed by atoms with Crippen molar-refractivity contribution in [1.29, 1.82) is 0 Å². The molecule has 1 rings (SSSR count). The van der Waals surface area contributed by atoms with Crippen molar-refractivity contribution in [2.75, 3.05) is 7.11 Å². The Morgan fingerprint density at radius 1 is 1.33 bits per heavy atom. The Kier molecular flexibility index (Phi) is 8.61. The van der Waals surface area contributed by atoms with E-state index >= 15 is 0 Å². The number of allylic oxidation sites excluding steroid dienone is 1. The van der Waals surface area contributed by atoms with Crippen LogP contribution in [0.4, 0.5) is 4.79 Å². The van der Waals surface area contributed by atoms with Gasteiger partial charge in [-0.3, -0.25) is 4.84 Å². The Morgan fingerprint density at radius 2 is 2.08 bits per heavy atom. The van der Waals surface area contributed by atoms with Crippen molar-refractivity contribution in [2.24, 2.45) is 11.1 Å². The van der Waals surface area contributed by atoms with Gasteiger partial charge in [0.15, 0.2) is 11.5 Å². The van der Waals surface area contributed by atoms with Crippen molar-refractivity contribution < 1.29 is 19.1 Å². The van der Waals surface area contributed by atoms with Crippen LogP contribution in [0.3, 0.4) is 0 Å². The summed E-state index contributed by atoms with van der Waals surface area (Å²) in [5.74, 6) is 1.26. The predicted octanol–water partition coefficient (Wildman–Crippen LogP) is 5.14. The number of hydrogen-bond acceptors (Lipinski definition) is 5. The molecule has 1 unspecified atom stereocenters. The lowest BCUT2D eigenvalue weighted by atomic mass is 10.0. The Balaban J connectivity index is 2.71. The summed E-state index contributed by atoms with van der Waals surface area (Å²) in [6.45, 7) is 9.94. The standard InChI is InChI=1S/C19H27NO4/c1-6-9-15-10-11-17(18(13-15)22-5)23-19(21)24-20-16(8-3)12-14(4)7-2/h6,10-11,13-14H,1,7-9,12H2,2-5H3. The van der Waals surface area contributed by atoms with Crippen LogP contribution in [0.1, 0.15) is 45.6 Å². The van der Waals surface area contributed by atoms with Crippen LogP contribution >= 0.6 is 0 Å². The molecule has 0 saturated heterocycles. The van der Waals surface area contributed by atoms with E-state index in [4.69, 9.17) is 14.3 Å². The van der Waals surface area contributed by atoms with Crippen LogP contribution in [0.15, 0.2) is 36.0 Å². The number of methoxy groups -OCH3 is 1. The first-order valence-corrected chi connectivity index (χ1v) is 8.26. The van der Waals surface area contributed by atoms with Gasteiger partial charge in [-0.05, 0) is 42.9 Å². The zero-order valence-corrected chi connectivity index (χ0v) is 15.0. The quantitative estimate of drug-likeness (QED) is 0.157. The summed E-state index contributed by atoms with van der Waals surface area (Å²) in [6.07, 6.45) is 4.22. The molecular formula is C19H27NO4. The number of nitrogens with zero attached hydrogens (tertiary/aromatic N) is 1. The van der Waals surface area contributed by atoms with Crippen molar-refractivity contribution in [3.05, 3.63) is 36.4 Å². The summed E-state index contributed by atoms with van der Waals surface area (Å²) in [6, 6.07) is 5.31. The normalized spacial score (nSPS) is 12.4. The van der Waals surface area contributed by atoms with E-state index in [1.165, 1.54) is 7.11 Å². The largest absolute Gasteiger partial charge is 0.540 e. The molecule has 0 heterocycles. The molecule has 0 spiro atoms. The fraction of sp³-hybridized carbons (Fsp3) is 0.474. The second-order valence-corrected chi connectivity index (χ2v) is 5.65. The monoisotopic (exact) mass is 333 g/mol. The summed E-state index contributed by atoms with van der Waals surface area (Å²) in [4.78, 5) is 16.7. The Hall–Kier alpha value is -2.30. The van der Waals surface area contributed by atoms with Crippen molar-refractivity contribution in [3.8, 4) is 11.5 Å². The second-order valence-electron chi connectivity index (χ2n) is 5.65. The van der Waals surface area contributed by atoms with Gasteiger partial charge in [0, 0.05) is 0 Å². The van der Waals surface area contributed by atoms with Crippen LogP contribution in [0.2, 0.25) is 0 Å². The van der Waals surface area contributed by atoms with Gasteiger partial charge >= 0.3 is 6.16 Å². The van der Waals surface area contributed by atoms with E-state index in [2.05, 4.69) is 25.6 Å². The first kappa shape index (κ1) is 19.7. The zero-order chi connectivity index (χ0) is 17.9. The Labute approximate surface area is 144 Å². The summed E-state index contributed by atoms with van der Waals surface area (Å²) in [5.41, 5.74) is 1.86. The lowest BCUT2D eigenvalue weighted by Crippen LogP contribution is -2.11. The van der Waals surface area contributed by atoms with Crippen LogP contribution in [-0.4, -0.2) is 19.0 Å². The fourth-order valence-corrected chi connectivity index (χ4v) is 2.09. The molecule has 5 nitrogen and oxygen atoms in total. The molecule has 1 aromatic rings. The van der Waals surface area contributed by atoms with Crippen LogP contribution < -0.4 is 9.47 Å². The minimum absolute atomic E-state index is 0.297. The topological polar surface area (TPSA) is 57.1 Å². The van der Waals surface area contributed by atoms with Gasteiger partial charge in [0.1, 0.15) is 0 Å². The molecule has 0 N–H and O–H groups in total. The molecule has 0 amide bonds. The summed E-state index contributed by atoms with van der Waals surface area (Å²) in [5, 5.41) is 3.92. The minimum Gasteiger partial charge on any atom is -0.493 e. The smallest absolute Gasteiger partial charge is 0.493 e. The van der Waals surface area contributed by atoms with Crippen LogP contribution in [0, 0.1) is 5.92 Å². The highest BCUT2D eigenvalue weighted by Gasteiger charge is 2.13. The summed E-state index contributed by atoms with van der Waals surface area (Å²) in [7, 11) is 1.52. The van der Waals surface area contributed by atoms with E-state index in [0.717, 1.165) is 30.5 Å². The molecule has 1 aromatic carbocycles. The van der Waals surface area contributed by atoms with E-state index in [1.807, 2.05) is 13.0 Å². The number of carbonyl (C=O) groups is 1. The van der Waals surface area contributed by atoms with E-state index in [0.29, 0.717) is 23.8 Å². The molecule has 1 atom stereocenters. The fourth-order valence-electron chi connectivity index (χ4n) is 2.09. The van der Waals surface area contributed by atoms with Gasteiger partial charge in [-0.2, -0.15) is 0 Å². The number of ether oxygens (including phenoxy) is 2. The maximum Gasteiger partial charge on any atom is 0.540 e. The molecule has 0 aliphatic heterocycles. The minimum atomic E-state index is -0.875. The maximum atomic E-state index is 11.8. The van der Waals surface area contributed by atoms with Crippen molar-refractivity contribution >= 4 is 11.9 Å². The van der Waals surface area contributed by atoms with Crippen LogP contribution in [0.5, 0.6) is 11.5 Å². The van der Waals surface area contributed by atoms with Gasteiger partial charge in [0.05, 0.1) is 12.8 Å². The third-order valence-electron chi connectivity index (χ3n) is 3.74. The van der Waals surface area contributed by atoms with Gasteiger partial charge in [0.25, 0.3) is 0 Å². The molecule has 24 heavy (non-hydrogen) atoms. The van der Waals surface area contributed by atoms with Crippen molar-refractivity contribution in [3.63, 3.8) is 0 Å². The molecule has 132 valence electrons. The SMILES string of the molecule is C=CCc1ccc(OC(=O)ON=C(CC)CC(C)CC)c(OC)c1. The van der Waals surface area contributed by atoms with E-state index < -0.39 is 6.16 Å². The van der Waals surface area contributed by atoms with Gasteiger partial charge in [-0.25, -0.2) is 4.79 Å². The molecule has 5 heteroatoms. The van der Waals surface area contributed by atoms with Gasteiger partial charge in [-0.1, -0.05) is 44.5 Å². The van der Waals surface area contributed by atoms with Crippen LogP contribution in [-0.2, 0) is 11.3 Å². The highest BCUT2D eigenvalue weighted by Crippen LogP contribution is 2.28. The summed E-state index contributed by atoms with van der Waals surface area (Å²) < 4.78 is 10.4. The lowest BCUT2D eigenvalue weighted by molar-refractivity contribution is 0.101. The first-order chi connectivity index (χ1) is 11.5. The molecule has 0 aliphatic rings. The van der Waals surface area contributed by atoms with Crippen molar-refractivity contribution in [2.45, 2.75) is 46.5 Å². The Morgan fingerprint density at radius 3 is 2.67 bits per heavy atom. The zero-order valence-electron chi connectivity index (χ0n) is 15.0. The van der Waals surface area contributed by atoms with E-state index in [9.17, 15) is 4.79 Å². The number of benzene rings is 1. The highest BCUT2D eigenvalue weighted by atomic mass is 16.8. The highest BCUT2D eigenvalue weighted by molar-refractivity contribution is 5.84. The molecule has 0 radical (unpaired) electrons. The second kappa shape index (κ2) is 10.5. The maximum absolute atomic E-state index is 11.8. The molecule has 0 saturated carbocycles. The number of oxime groups is 1. The molecule has 0 fully saturated rings. The lowest BCUT2D eigenvalue weighted by Gasteiger charge is -2.10. The van der Waals surface area contributed by atoms with Crippen molar-refractivity contribution in [1.82, 2.24) is 0 Å². The van der Waals surface area contributed by atoms with E-state index in [-0.39, 0.29) is 0 Å². The average molecular weight is 333 g/mol. The number of carbonyl (C=O) groups excluding carboxylic acids is 1. The van der Waals surface area contributed by atoms with Gasteiger partial charge < -0.3 is 9.47 Å².